The van der Waals surface area contributed by atoms with Crippen molar-refractivity contribution in [3.05, 3.63) is 29.3 Å². The molecule has 0 bridgehead atoms. The highest BCUT2D eigenvalue weighted by Crippen LogP contribution is 2.39. The van der Waals surface area contributed by atoms with Crippen molar-refractivity contribution in [3.63, 3.8) is 0 Å². The summed E-state index contributed by atoms with van der Waals surface area (Å²) in [4.78, 5) is 13.5. The number of carbonyl (C=O) groups is 1. The smallest absolute Gasteiger partial charge is 0.231 e. The molecule has 1 saturated carbocycles. The minimum absolute atomic E-state index is 0.204. The molecule has 1 heterocycles. The van der Waals surface area contributed by atoms with Crippen LogP contribution >= 0.6 is 0 Å². The topological polar surface area (TPSA) is 32.3 Å². The van der Waals surface area contributed by atoms with Gasteiger partial charge in [0.05, 0.1) is 6.42 Å². The number of anilines is 1. The minimum Gasteiger partial charge on any atom is -0.315 e. The maximum atomic E-state index is 11.7. The van der Waals surface area contributed by atoms with Gasteiger partial charge in [-0.3, -0.25) is 4.79 Å². The van der Waals surface area contributed by atoms with E-state index in [2.05, 4.69) is 30.4 Å². The molecule has 1 aromatic rings. The van der Waals surface area contributed by atoms with E-state index in [1.165, 1.54) is 30.4 Å². The summed E-state index contributed by atoms with van der Waals surface area (Å²) in [6.45, 7) is 3.16. The summed E-state index contributed by atoms with van der Waals surface area (Å²) in [5, 5.41) is 3.62. The van der Waals surface area contributed by atoms with Gasteiger partial charge in [0, 0.05) is 18.8 Å². The summed E-state index contributed by atoms with van der Waals surface area (Å²) in [5.74, 6) is 0.976. The molecule has 1 aliphatic carbocycles. The van der Waals surface area contributed by atoms with Crippen LogP contribution < -0.4 is 10.2 Å². The molecule has 3 nitrogen and oxygen atoms in total. The third kappa shape index (κ3) is 2.16. The number of likely N-dealkylation sites (N-methyl/N-ethyl adjacent to an activating group) is 1. The van der Waals surface area contributed by atoms with E-state index in [1.807, 2.05) is 7.05 Å². The first kappa shape index (κ1) is 12.7. The van der Waals surface area contributed by atoms with Crippen molar-refractivity contribution in [2.75, 3.05) is 18.5 Å². The molecule has 0 spiro atoms. The van der Waals surface area contributed by atoms with Crippen molar-refractivity contribution in [1.29, 1.82) is 0 Å². The zero-order valence-electron chi connectivity index (χ0n) is 11.8. The fraction of sp³-hybridized carbons (Fsp3) is 0.562. The van der Waals surface area contributed by atoms with Crippen LogP contribution in [0.1, 0.15) is 43.4 Å². The lowest BCUT2D eigenvalue weighted by atomic mass is 9.77. The van der Waals surface area contributed by atoms with Gasteiger partial charge in [0.25, 0.3) is 0 Å². The van der Waals surface area contributed by atoms with E-state index in [0.717, 1.165) is 18.2 Å². The first-order valence-electron chi connectivity index (χ1n) is 7.33. The van der Waals surface area contributed by atoms with E-state index in [1.54, 1.807) is 4.90 Å². The van der Waals surface area contributed by atoms with Crippen LogP contribution in [-0.4, -0.2) is 19.5 Å². The predicted molar refractivity (Wildman–Crippen MR) is 77.3 cm³/mol. The van der Waals surface area contributed by atoms with Crippen LogP contribution in [0.15, 0.2) is 18.2 Å². The molecule has 1 atom stereocenters. The molecule has 1 fully saturated rings. The summed E-state index contributed by atoms with van der Waals surface area (Å²) >= 11 is 0. The molecule has 0 aromatic heterocycles. The van der Waals surface area contributed by atoms with Gasteiger partial charge in [-0.15, -0.1) is 0 Å². The number of amides is 1. The molecule has 2 aliphatic rings. The third-order valence-corrected chi connectivity index (χ3v) is 4.59. The number of carbonyl (C=O) groups excluding carboxylic acids is 1. The average Bonchev–Trinajstić information content (AvgIpc) is 2.62. The lowest BCUT2D eigenvalue weighted by Gasteiger charge is -2.35. The van der Waals surface area contributed by atoms with Gasteiger partial charge in [-0.2, -0.15) is 0 Å². The average molecular weight is 258 g/mol. The molecule has 1 unspecified atom stereocenters. The van der Waals surface area contributed by atoms with Crippen LogP contribution in [-0.2, 0) is 11.2 Å². The summed E-state index contributed by atoms with van der Waals surface area (Å²) in [5.41, 5.74) is 3.62. The second-order valence-corrected chi connectivity index (χ2v) is 5.74. The number of nitrogens with one attached hydrogen (secondary N) is 1. The molecule has 19 heavy (non-hydrogen) atoms. The van der Waals surface area contributed by atoms with Crippen molar-refractivity contribution in [2.24, 2.45) is 5.92 Å². The summed E-state index contributed by atoms with van der Waals surface area (Å²) in [7, 11) is 1.86. The van der Waals surface area contributed by atoms with Gasteiger partial charge in [0.2, 0.25) is 5.91 Å². The summed E-state index contributed by atoms with van der Waals surface area (Å²) in [6.07, 6.45) is 4.57. The molecule has 3 heteroatoms. The Balaban J connectivity index is 1.88. The Morgan fingerprint density at radius 3 is 2.84 bits per heavy atom. The van der Waals surface area contributed by atoms with Gasteiger partial charge in [-0.05, 0) is 42.5 Å². The SMILES string of the molecule is CCNC(c1ccc2c(c1)CC(=O)N2C)C1CCC1. The number of benzene rings is 1. The van der Waals surface area contributed by atoms with E-state index in [0.29, 0.717) is 12.5 Å². The first-order valence-corrected chi connectivity index (χ1v) is 7.33. The standard InChI is InChI=1S/C16H22N2O/c1-3-17-16(11-5-4-6-11)12-7-8-14-13(9-12)10-15(19)18(14)2/h7-9,11,16-17H,3-6,10H2,1-2H3. The van der Waals surface area contributed by atoms with Crippen LogP contribution in [0, 0.1) is 5.92 Å². The Kier molecular flexibility index (Phi) is 3.31. The quantitative estimate of drug-likeness (QED) is 0.900. The van der Waals surface area contributed by atoms with Crippen LogP contribution in [0.5, 0.6) is 0 Å². The van der Waals surface area contributed by atoms with E-state index in [4.69, 9.17) is 0 Å². The maximum absolute atomic E-state index is 11.7. The summed E-state index contributed by atoms with van der Waals surface area (Å²) in [6, 6.07) is 7.01. The van der Waals surface area contributed by atoms with Gasteiger partial charge >= 0.3 is 0 Å². The number of hydrogen-bond acceptors (Lipinski definition) is 2. The Labute approximate surface area is 115 Å². The Morgan fingerprint density at radius 2 is 2.21 bits per heavy atom. The number of nitrogens with zero attached hydrogens (tertiary/aromatic N) is 1. The van der Waals surface area contributed by atoms with Crippen molar-refractivity contribution >= 4 is 11.6 Å². The van der Waals surface area contributed by atoms with Crippen molar-refractivity contribution in [3.8, 4) is 0 Å². The van der Waals surface area contributed by atoms with Gasteiger partial charge in [-0.1, -0.05) is 25.5 Å². The lowest BCUT2D eigenvalue weighted by molar-refractivity contribution is -0.117. The van der Waals surface area contributed by atoms with E-state index < -0.39 is 0 Å². The molecule has 102 valence electrons. The van der Waals surface area contributed by atoms with Crippen molar-refractivity contribution in [1.82, 2.24) is 5.32 Å². The highest BCUT2D eigenvalue weighted by atomic mass is 16.2. The second kappa shape index (κ2) is 4.97. The summed E-state index contributed by atoms with van der Waals surface area (Å²) < 4.78 is 0. The van der Waals surface area contributed by atoms with E-state index in [9.17, 15) is 4.79 Å². The van der Waals surface area contributed by atoms with Gasteiger partial charge in [0.1, 0.15) is 0 Å². The second-order valence-electron chi connectivity index (χ2n) is 5.74. The molecule has 0 radical (unpaired) electrons. The molecule has 3 rings (SSSR count). The zero-order valence-corrected chi connectivity index (χ0v) is 11.8. The number of fused-ring (bicyclic) bond motifs is 1. The van der Waals surface area contributed by atoms with Gasteiger partial charge in [-0.25, -0.2) is 0 Å². The third-order valence-electron chi connectivity index (χ3n) is 4.59. The Bertz CT molecular complexity index is 494. The first-order chi connectivity index (χ1) is 9.20. The zero-order chi connectivity index (χ0) is 13.4. The normalized spacial score (nSPS) is 20.3. The monoisotopic (exact) mass is 258 g/mol. The Hall–Kier alpha value is -1.35. The highest BCUT2D eigenvalue weighted by Gasteiger charge is 2.30. The molecular formula is C16H22N2O. The molecular weight excluding hydrogens is 236 g/mol. The van der Waals surface area contributed by atoms with Crippen LogP contribution in [0.2, 0.25) is 0 Å². The molecule has 0 saturated heterocycles. The van der Waals surface area contributed by atoms with Gasteiger partial charge < -0.3 is 10.2 Å². The van der Waals surface area contributed by atoms with Crippen molar-refractivity contribution in [2.45, 2.75) is 38.6 Å². The fourth-order valence-electron chi connectivity index (χ4n) is 3.23. The van der Waals surface area contributed by atoms with E-state index >= 15 is 0 Å². The maximum Gasteiger partial charge on any atom is 0.231 e. The lowest BCUT2D eigenvalue weighted by Crippen LogP contribution is -2.32. The fourth-order valence-corrected chi connectivity index (χ4v) is 3.23. The van der Waals surface area contributed by atoms with Crippen molar-refractivity contribution < 1.29 is 4.79 Å². The van der Waals surface area contributed by atoms with Gasteiger partial charge in [0.15, 0.2) is 0 Å². The number of hydrogen-bond donors (Lipinski definition) is 1. The molecule has 1 N–H and O–H groups in total. The largest absolute Gasteiger partial charge is 0.315 e. The molecule has 1 aliphatic heterocycles. The minimum atomic E-state index is 0.204. The highest BCUT2D eigenvalue weighted by molar-refractivity contribution is 6.00. The molecule has 1 aromatic carbocycles. The van der Waals surface area contributed by atoms with Crippen LogP contribution in [0.25, 0.3) is 0 Å². The van der Waals surface area contributed by atoms with Crippen LogP contribution in [0.4, 0.5) is 5.69 Å². The number of rotatable bonds is 4. The Morgan fingerprint density at radius 1 is 1.42 bits per heavy atom. The molecule has 1 amide bonds. The van der Waals surface area contributed by atoms with E-state index in [-0.39, 0.29) is 5.91 Å². The van der Waals surface area contributed by atoms with Crippen LogP contribution in [0.3, 0.4) is 0 Å². The predicted octanol–water partition coefficient (Wildman–Crippen LogP) is 2.66.